The maximum absolute atomic E-state index is 6.16. The number of piperazine rings is 1. The van der Waals surface area contributed by atoms with Gasteiger partial charge in [-0.2, -0.15) is 0 Å². The highest BCUT2D eigenvalue weighted by Crippen LogP contribution is 2.28. The lowest BCUT2D eigenvalue weighted by atomic mass is 10.2. The van der Waals surface area contributed by atoms with Gasteiger partial charge in [0.25, 0.3) is 5.78 Å². The lowest BCUT2D eigenvalue weighted by molar-refractivity contribution is 0.643. The summed E-state index contributed by atoms with van der Waals surface area (Å²) in [6, 6.07) is 7.97. The standard InChI is InChI=1S/C18H20Cl2N6/c1-2-3-13-10-17(26-12-21-23-18(26)22-13)25-8-6-24(7-9-25)14-4-5-15(19)16(20)11-14/h4-5,10-12H,2-3,6-9H2,1H3. The highest BCUT2D eigenvalue weighted by atomic mass is 35.5. The van der Waals surface area contributed by atoms with E-state index in [1.807, 2.05) is 22.6 Å². The van der Waals surface area contributed by atoms with Gasteiger partial charge in [0.1, 0.15) is 12.1 Å². The highest BCUT2D eigenvalue weighted by molar-refractivity contribution is 6.42. The number of aromatic nitrogens is 4. The number of nitrogens with zero attached hydrogens (tertiary/aromatic N) is 6. The van der Waals surface area contributed by atoms with Gasteiger partial charge >= 0.3 is 0 Å². The number of hydrogen-bond donors (Lipinski definition) is 0. The third-order valence-corrected chi connectivity index (χ3v) is 5.43. The number of benzene rings is 1. The number of hydrogen-bond acceptors (Lipinski definition) is 5. The zero-order valence-corrected chi connectivity index (χ0v) is 16.1. The van der Waals surface area contributed by atoms with Crippen molar-refractivity contribution in [2.45, 2.75) is 19.8 Å². The fourth-order valence-electron chi connectivity index (χ4n) is 3.35. The molecule has 0 N–H and O–H groups in total. The summed E-state index contributed by atoms with van der Waals surface area (Å²) in [7, 11) is 0. The number of halogens is 2. The van der Waals surface area contributed by atoms with Crippen LogP contribution in [0.1, 0.15) is 19.0 Å². The minimum Gasteiger partial charge on any atom is -0.368 e. The van der Waals surface area contributed by atoms with E-state index in [1.165, 1.54) is 0 Å². The molecule has 6 nitrogen and oxygen atoms in total. The van der Waals surface area contributed by atoms with E-state index in [0.29, 0.717) is 15.8 Å². The van der Waals surface area contributed by atoms with Crippen molar-refractivity contribution in [3.8, 4) is 0 Å². The van der Waals surface area contributed by atoms with Gasteiger partial charge in [-0.1, -0.05) is 36.5 Å². The van der Waals surface area contributed by atoms with Crippen molar-refractivity contribution in [1.29, 1.82) is 0 Å². The number of rotatable bonds is 4. The SMILES string of the molecule is CCCc1cc(N2CCN(c3ccc(Cl)c(Cl)c3)CC2)n2cnnc2n1. The predicted octanol–water partition coefficient (Wildman–Crippen LogP) is 3.71. The van der Waals surface area contributed by atoms with Crippen LogP contribution in [-0.2, 0) is 6.42 Å². The molecule has 8 heteroatoms. The van der Waals surface area contributed by atoms with Crippen LogP contribution < -0.4 is 9.80 Å². The van der Waals surface area contributed by atoms with Crippen LogP contribution in [-0.4, -0.2) is 45.8 Å². The average Bonchev–Trinajstić information content (AvgIpc) is 3.12. The molecule has 0 radical (unpaired) electrons. The lowest BCUT2D eigenvalue weighted by Gasteiger charge is -2.37. The van der Waals surface area contributed by atoms with Crippen molar-refractivity contribution in [1.82, 2.24) is 19.6 Å². The van der Waals surface area contributed by atoms with Gasteiger partial charge in [-0.15, -0.1) is 10.2 Å². The van der Waals surface area contributed by atoms with Crippen LogP contribution in [0.15, 0.2) is 30.6 Å². The first-order valence-electron chi connectivity index (χ1n) is 8.80. The molecule has 3 aromatic rings. The van der Waals surface area contributed by atoms with Crippen LogP contribution in [0.3, 0.4) is 0 Å². The lowest BCUT2D eigenvalue weighted by Crippen LogP contribution is -2.47. The van der Waals surface area contributed by atoms with E-state index >= 15 is 0 Å². The van der Waals surface area contributed by atoms with Gasteiger partial charge in [-0.05, 0) is 24.6 Å². The van der Waals surface area contributed by atoms with Crippen LogP contribution in [0.4, 0.5) is 11.5 Å². The molecule has 3 heterocycles. The monoisotopic (exact) mass is 390 g/mol. The van der Waals surface area contributed by atoms with Crippen molar-refractivity contribution in [2.24, 2.45) is 0 Å². The van der Waals surface area contributed by atoms with E-state index in [0.717, 1.165) is 56.2 Å². The second-order valence-corrected chi connectivity index (χ2v) is 7.24. The Balaban J connectivity index is 1.55. The van der Waals surface area contributed by atoms with Gasteiger partial charge < -0.3 is 9.80 Å². The molecule has 26 heavy (non-hydrogen) atoms. The molecule has 0 saturated carbocycles. The van der Waals surface area contributed by atoms with Gasteiger partial charge in [0, 0.05) is 43.6 Å². The Morgan fingerprint density at radius 1 is 1.00 bits per heavy atom. The number of anilines is 2. The Morgan fingerprint density at radius 2 is 1.77 bits per heavy atom. The van der Waals surface area contributed by atoms with Crippen LogP contribution in [0, 0.1) is 0 Å². The molecular formula is C18H20Cl2N6. The summed E-state index contributed by atoms with van der Waals surface area (Å²) in [6.45, 7) is 5.79. The Bertz CT molecular complexity index is 917. The molecule has 0 bridgehead atoms. The molecule has 4 rings (SSSR count). The predicted molar refractivity (Wildman–Crippen MR) is 106 cm³/mol. The smallest absolute Gasteiger partial charge is 0.256 e. The first kappa shape index (κ1) is 17.4. The Hall–Kier alpha value is -2.05. The summed E-state index contributed by atoms with van der Waals surface area (Å²) in [5, 5.41) is 9.34. The quantitative estimate of drug-likeness (QED) is 0.679. The number of fused-ring (bicyclic) bond motifs is 1. The van der Waals surface area contributed by atoms with Crippen molar-refractivity contribution < 1.29 is 0 Å². The minimum absolute atomic E-state index is 0.587. The van der Waals surface area contributed by atoms with Crippen LogP contribution in [0.25, 0.3) is 5.78 Å². The van der Waals surface area contributed by atoms with E-state index < -0.39 is 0 Å². The third kappa shape index (κ3) is 3.31. The van der Waals surface area contributed by atoms with Gasteiger partial charge in [0.15, 0.2) is 0 Å². The Morgan fingerprint density at radius 3 is 2.50 bits per heavy atom. The molecular weight excluding hydrogens is 371 g/mol. The Kier molecular flexibility index (Phi) is 4.87. The largest absolute Gasteiger partial charge is 0.368 e. The van der Waals surface area contributed by atoms with Gasteiger partial charge in [-0.3, -0.25) is 4.40 Å². The normalized spacial score (nSPS) is 15.0. The molecule has 0 atom stereocenters. The first-order chi connectivity index (χ1) is 12.7. The van der Waals surface area contributed by atoms with E-state index in [-0.39, 0.29) is 0 Å². The molecule has 1 saturated heterocycles. The molecule has 2 aromatic heterocycles. The van der Waals surface area contributed by atoms with Crippen molar-refractivity contribution in [3.05, 3.63) is 46.3 Å². The second-order valence-electron chi connectivity index (χ2n) is 6.43. The topological polar surface area (TPSA) is 49.6 Å². The van der Waals surface area contributed by atoms with Crippen LogP contribution in [0.2, 0.25) is 10.0 Å². The molecule has 1 fully saturated rings. The maximum atomic E-state index is 6.16. The highest BCUT2D eigenvalue weighted by Gasteiger charge is 2.21. The summed E-state index contributed by atoms with van der Waals surface area (Å²) in [6.07, 6.45) is 3.74. The van der Waals surface area contributed by atoms with Crippen LogP contribution >= 0.6 is 23.2 Å². The third-order valence-electron chi connectivity index (χ3n) is 4.69. The second kappa shape index (κ2) is 7.29. The molecule has 0 amide bonds. The molecule has 0 aliphatic carbocycles. The first-order valence-corrected chi connectivity index (χ1v) is 9.56. The van der Waals surface area contributed by atoms with Crippen molar-refractivity contribution in [2.75, 3.05) is 36.0 Å². The van der Waals surface area contributed by atoms with E-state index in [2.05, 4.69) is 38.0 Å². The molecule has 1 aliphatic heterocycles. The fraction of sp³-hybridized carbons (Fsp3) is 0.389. The summed E-state index contributed by atoms with van der Waals surface area (Å²) in [5.74, 6) is 1.77. The van der Waals surface area contributed by atoms with Gasteiger partial charge in [0.05, 0.1) is 10.0 Å². The molecule has 0 spiro atoms. The molecule has 0 unspecified atom stereocenters. The van der Waals surface area contributed by atoms with Crippen molar-refractivity contribution in [3.63, 3.8) is 0 Å². The van der Waals surface area contributed by atoms with Crippen LogP contribution in [0.5, 0.6) is 0 Å². The zero-order chi connectivity index (χ0) is 18.1. The van der Waals surface area contributed by atoms with Gasteiger partial charge in [-0.25, -0.2) is 4.98 Å². The van der Waals surface area contributed by atoms with E-state index in [9.17, 15) is 0 Å². The summed E-state index contributed by atoms with van der Waals surface area (Å²) >= 11 is 12.2. The van der Waals surface area contributed by atoms with Gasteiger partial charge in [0.2, 0.25) is 0 Å². The minimum atomic E-state index is 0.587. The summed E-state index contributed by atoms with van der Waals surface area (Å²) < 4.78 is 1.97. The molecule has 136 valence electrons. The zero-order valence-electron chi connectivity index (χ0n) is 14.6. The molecule has 1 aliphatic rings. The maximum Gasteiger partial charge on any atom is 0.256 e. The number of aryl methyl sites for hydroxylation is 1. The summed E-state index contributed by atoms with van der Waals surface area (Å²) in [5.41, 5.74) is 2.17. The van der Waals surface area contributed by atoms with E-state index in [1.54, 1.807) is 6.33 Å². The van der Waals surface area contributed by atoms with Crippen molar-refractivity contribution >= 4 is 40.5 Å². The fourth-order valence-corrected chi connectivity index (χ4v) is 3.64. The van der Waals surface area contributed by atoms with E-state index in [4.69, 9.17) is 23.2 Å². The average molecular weight is 391 g/mol. The molecule has 1 aromatic carbocycles. The summed E-state index contributed by atoms with van der Waals surface area (Å²) in [4.78, 5) is 9.28. The Labute approximate surface area is 162 Å².